The Kier molecular flexibility index (Phi) is 11.0. The molecule has 1 aromatic heterocycles. The van der Waals surface area contributed by atoms with Crippen molar-refractivity contribution >= 4 is 16.9 Å². The Bertz CT molecular complexity index is 946. The van der Waals surface area contributed by atoms with Gasteiger partial charge in [0.05, 0.1) is 27.2 Å². The average Bonchev–Trinajstić information content (AvgIpc) is 2.67. The molecule has 0 spiro atoms. The number of nitrogens with zero attached hydrogens (tertiary/aromatic N) is 1. The number of amides is 1. The van der Waals surface area contributed by atoms with E-state index < -0.39 is 0 Å². The molecule has 7 heteroatoms. The van der Waals surface area contributed by atoms with Crippen molar-refractivity contribution < 1.29 is 35.4 Å². The molecule has 0 aliphatic rings. The molecule has 0 radical (unpaired) electrons. The molecule has 0 unspecified atom stereocenters. The summed E-state index contributed by atoms with van der Waals surface area (Å²) in [6.45, 7) is 8.65. The second-order valence-electron chi connectivity index (χ2n) is 8.57. The predicted octanol–water partition coefficient (Wildman–Crippen LogP) is 0.677. The van der Waals surface area contributed by atoms with E-state index in [1.54, 1.807) is 6.07 Å². The second-order valence-corrected chi connectivity index (χ2v) is 8.57. The lowest BCUT2D eigenvalue weighted by Crippen LogP contribution is -3.00. The van der Waals surface area contributed by atoms with E-state index in [2.05, 4.69) is 25.5 Å². The molecule has 2 rings (SSSR count). The first-order chi connectivity index (χ1) is 14.2. The van der Waals surface area contributed by atoms with E-state index in [0.29, 0.717) is 36.2 Å². The third kappa shape index (κ3) is 8.87. The van der Waals surface area contributed by atoms with Crippen LogP contribution in [-0.4, -0.2) is 50.7 Å². The van der Waals surface area contributed by atoms with E-state index in [1.807, 2.05) is 32.9 Å². The number of quaternary nitrogens is 1. The number of likely N-dealkylation sites (N-methyl/N-ethyl adjacent to an activating group) is 1. The standard InChI is InChI=1S/C24H34N2O4.BrH/c1-6-14-25-22(27)17-26(4,5)15-7-16-29-21-12-9-19-10-13-23(28)30-24(19)20(21)11-8-18(2)3;/h8-10,12-13H,6-7,11,14-17H2,1-5H3;1H. The van der Waals surface area contributed by atoms with Crippen LogP contribution in [0.5, 0.6) is 5.75 Å². The number of carbonyl (C=O) groups excluding carboxylic acids is 1. The van der Waals surface area contributed by atoms with Crippen LogP contribution in [0.25, 0.3) is 11.0 Å². The highest BCUT2D eigenvalue weighted by molar-refractivity contribution is 5.82. The number of halogens is 1. The van der Waals surface area contributed by atoms with Gasteiger partial charge in [-0.25, -0.2) is 4.79 Å². The van der Waals surface area contributed by atoms with Gasteiger partial charge < -0.3 is 35.9 Å². The molecule has 0 aliphatic heterocycles. The zero-order valence-corrected chi connectivity index (χ0v) is 20.9. The third-order valence-electron chi connectivity index (χ3n) is 4.87. The normalized spacial score (nSPS) is 11.0. The fourth-order valence-electron chi connectivity index (χ4n) is 3.27. The summed E-state index contributed by atoms with van der Waals surface area (Å²) in [5, 5.41) is 3.81. The molecule has 0 aliphatic carbocycles. The Morgan fingerprint density at radius 2 is 1.90 bits per heavy atom. The molecule has 2 aromatic rings. The van der Waals surface area contributed by atoms with E-state index in [9.17, 15) is 9.59 Å². The molecule has 172 valence electrons. The minimum absolute atomic E-state index is 0. The van der Waals surface area contributed by atoms with Gasteiger partial charge in [0, 0.05) is 30.0 Å². The van der Waals surface area contributed by atoms with Gasteiger partial charge in [-0.1, -0.05) is 18.6 Å². The fourth-order valence-corrected chi connectivity index (χ4v) is 3.27. The monoisotopic (exact) mass is 494 g/mol. The van der Waals surface area contributed by atoms with Crippen molar-refractivity contribution in [3.63, 3.8) is 0 Å². The van der Waals surface area contributed by atoms with Gasteiger partial charge >= 0.3 is 5.63 Å². The van der Waals surface area contributed by atoms with Gasteiger partial charge in [0.25, 0.3) is 5.91 Å². The number of hydrogen-bond donors (Lipinski definition) is 1. The number of allylic oxidation sites excluding steroid dienone is 2. The van der Waals surface area contributed by atoms with Gasteiger partial charge in [-0.15, -0.1) is 0 Å². The zero-order valence-electron chi connectivity index (χ0n) is 19.3. The summed E-state index contributed by atoms with van der Waals surface area (Å²) in [4.78, 5) is 23.7. The Morgan fingerprint density at radius 1 is 1.19 bits per heavy atom. The molecule has 1 N–H and O–H groups in total. The van der Waals surface area contributed by atoms with Gasteiger partial charge in [0.1, 0.15) is 11.3 Å². The van der Waals surface area contributed by atoms with Gasteiger partial charge in [0.2, 0.25) is 0 Å². The van der Waals surface area contributed by atoms with Crippen molar-refractivity contribution in [2.75, 3.05) is 40.3 Å². The maximum atomic E-state index is 12.0. The highest BCUT2D eigenvalue weighted by Gasteiger charge is 2.19. The smallest absolute Gasteiger partial charge is 0.336 e. The third-order valence-corrected chi connectivity index (χ3v) is 4.87. The summed E-state index contributed by atoms with van der Waals surface area (Å²) in [5.74, 6) is 0.816. The van der Waals surface area contributed by atoms with Crippen LogP contribution in [-0.2, 0) is 11.2 Å². The van der Waals surface area contributed by atoms with Crippen LogP contribution in [0.2, 0.25) is 0 Å². The lowest BCUT2D eigenvalue weighted by atomic mass is 10.1. The number of carbonyl (C=O) groups is 1. The molecule has 1 aromatic carbocycles. The summed E-state index contributed by atoms with van der Waals surface area (Å²) in [5.41, 5.74) is 2.30. The van der Waals surface area contributed by atoms with Crippen LogP contribution in [0.3, 0.4) is 0 Å². The zero-order chi connectivity index (χ0) is 22.1. The lowest BCUT2D eigenvalue weighted by molar-refractivity contribution is -0.882. The van der Waals surface area contributed by atoms with Gasteiger partial charge in [-0.3, -0.25) is 4.79 Å². The highest BCUT2D eigenvalue weighted by atomic mass is 79.9. The predicted molar refractivity (Wildman–Crippen MR) is 121 cm³/mol. The molecular weight excluding hydrogens is 460 g/mol. The number of fused-ring (bicyclic) bond motifs is 1. The van der Waals surface area contributed by atoms with Crippen molar-refractivity contribution in [3.05, 3.63) is 51.9 Å². The second kappa shape index (κ2) is 12.7. The molecule has 0 bridgehead atoms. The van der Waals surface area contributed by atoms with E-state index in [-0.39, 0.29) is 28.5 Å². The van der Waals surface area contributed by atoms with Crippen LogP contribution < -0.4 is 32.7 Å². The van der Waals surface area contributed by atoms with Crippen molar-refractivity contribution in [3.8, 4) is 5.75 Å². The lowest BCUT2D eigenvalue weighted by Gasteiger charge is -2.29. The first-order valence-electron chi connectivity index (χ1n) is 10.6. The molecule has 0 atom stereocenters. The molecule has 1 amide bonds. The summed E-state index contributed by atoms with van der Waals surface area (Å²) in [7, 11) is 4.10. The van der Waals surface area contributed by atoms with Crippen LogP contribution in [0.4, 0.5) is 0 Å². The largest absolute Gasteiger partial charge is 1.00 e. The number of ether oxygens (including phenoxy) is 1. The average molecular weight is 495 g/mol. The fraction of sp³-hybridized carbons (Fsp3) is 0.500. The number of benzene rings is 1. The molecular formula is C24H35BrN2O4. The van der Waals surface area contributed by atoms with E-state index in [1.165, 1.54) is 11.6 Å². The summed E-state index contributed by atoms with van der Waals surface area (Å²) in [6, 6.07) is 7.07. The Balaban J connectivity index is 0.00000480. The number of hydrogen-bond acceptors (Lipinski definition) is 4. The van der Waals surface area contributed by atoms with Gasteiger partial charge in [-0.05, 0) is 44.9 Å². The Labute approximate surface area is 195 Å². The minimum atomic E-state index is -0.363. The molecule has 31 heavy (non-hydrogen) atoms. The van der Waals surface area contributed by atoms with Crippen LogP contribution in [0.15, 0.2) is 45.1 Å². The number of rotatable bonds is 11. The minimum Gasteiger partial charge on any atom is -1.00 e. The van der Waals surface area contributed by atoms with Gasteiger partial charge in [0.15, 0.2) is 6.54 Å². The summed E-state index contributed by atoms with van der Waals surface area (Å²) >= 11 is 0. The van der Waals surface area contributed by atoms with E-state index >= 15 is 0 Å². The van der Waals surface area contributed by atoms with Crippen molar-refractivity contribution in [2.45, 2.75) is 40.0 Å². The molecule has 0 saturated heterocycles. The molecule has 6 nitrogen and oxygen atoms in total. The van der Waals surface area contributed by atoms with E-state index in [4.69, 9.17) is 9.15 Å². The van der Waals surface area contributed by atoms with Gasteiger partial charge in [-0.2, -0.15) is 0 Å². The topological polar surface area (TPSA) is 68.5 Å². The molecule has 0 saturated carbocycles. The number of nitrogens with one attached hydrogen (secondary N) is 1. The van der Waals surface area contributed by atoms with Crippen LogP contribution in [0.1, 0.15) is 39.2 Å². The van der Waals surface area contributed by atoms with E-state index in [0.717, 1.165) is 36.1 Å². The van der Waals surface area contributed by atoms with Crippen LogP contribution in [0, 0.1) is 0 Å². The maximum Gasteiger partial charge on any atom is 0.336 e. The van der Waals surface area contributed by atoms with Crippen molar-refractivity contribution in [2.24, 2.45) is 0 Å². The summed E-state index contributed by atoms with van der Waals surface area (Å²) < 4.78 is 12.2. The summed E-state index contributed by atoms with van der Waals surface area (Å²) in [6.07, 6.45) is 4.49. The molecule has 0 fully saturated rings. The maximum absolute atomic E-state index is 12.0. The molecule has 1 heterocycles. The van der Waals surface area contributed by atoms with Crippen LogP contribution >= 0.6 is 0 Å². The Hall–Kier alpha value is -2.12. The Morgan fingerprint density at radius 3 is 2.58 bits per heavy atom. The van der Waals surface area contributed by atoms with Crippen molar-refractivity contribution in [1.82, 2.24) is 5.32 Å². The quantitative estimate of drug-likeness (QED) is 0.216. The highest BCUT2D eigenvalue weighted by Crippen LogP contribution is 2.28. The SMILES string of the molecule is CCCNC(=O)C[N+](C)(C)CCCOc1ccc2ccc(=O)oc2c1CC=C(C)C.[Br-]. The first kappa shape index (κ1) is 26.9. The van der Waals surface area contributed by atoms with Crippen molar-refractivity contribution in [1.29, 1.82) is 0 Å². The first-order valence-corrected chi connectivity index (χ1v) is 10.6.